The van der Waals surface area contributed by atoms with Gasteiger partial charge in [0.15, 0.2) is 5.13 Å². The number of carbonyl (C=O) groups is 1. The maximum atomic E-state index is 14.7. The minimum Gasteiger partial charge on any atom is -0.478 e. The van der Waals surface area contributed by atoms with Crippen molar-refractivity contribution < 1.29 is 23.6 Å². The van der Waals surface area contributed by atoms with Crippen molar-refractivity contribution in [3.63, 3.8) is 0 Å². The van der Waals surface area contributed by atoms with Crippen molar-refractivity contribution in [2.75, 3.05) is 4.90 Å². The molecule has 41 heavy (non-hydrogen) atoms. The van der Waals surface area contributed by atoms with E-state index in [0.29, 0.717) is 45.1 Å². The third-order valence-electron chi connectivity index (χ3n) is 8.32. The van der Waals surface area contributed by atoms with Crippen molar-refractivity contribution in [3.8, 4) is 22.5 Å². The molecule has 2 bridgehead atoms. The number of carboxylic acids is 1. The van der Waals surface area contributed by atoms with Crippen LogP contribution in [0.2, 0.25) is 10.0 Å². The minimum absolute atomic E-state index is 0.0701. The Morgan fingerprint density at radius 2 is 1.85 bits per heavy atom. The molecule has 1 unspecified atom stereocenters. The molecule has 4 heterocycles. The number of fused-ring (bicyclic) bond motifs is 2. The van der Waals surface area contributed by atoms with Gasteiger partial charge >= 0.3 is 5.97 Å². The average molecular weight is 615 g/mol. The van der Waals surface area contributed by atoms with E-state index in [4.69, 9.17) is 42.6 Å². The lowest BCUT2D eigenvalue weighted by Gasteiger charge is -2.38. The molecule has 7 rings (SSSR count). The molecule has 0 radical (unpaired) electrons. The predicted molar refractivity (Wildman–Crippen MR) is 156 cm³/mol. The van der Waals surface area contributed by atoms with Crippen LogP contribution in [0.15, 0.2) is 46.3 Å². The van der Waals surface area contributed by atoms with Crippen LogP contribution in [0.3, 0.4) is 0 Å². The summed E-state index contributed by atoms with van der Waals surface area (Å²) in [6.45, 7) is 0.378. The fourth-order valence-electron chi connectivity index (χ4n) is 6.19. The van der Waals surface area contributed by atoms with Gasteiger partial charge in [-0.05, 0) is 68.9 Å². The number of piperidine rings is 1. The molecular weight excluding hydrogens is 588 g/mol. The number of benzene rings is 2. The van der Waals surface area contributed by atoms with Gasteiger partial charge in [0, 0.05) is 40.1 Å². The second-order valence-electron chi connectivity index (χ2n) is 11.0. The summed E-state index contributed by atoms with van der Waals surface area (Å²) in [4.78, 5) is 18.3. The highest BCUT2D eigenvalue weighted by atomic mass is 35.5. The number of carboxylic acid groups (broad SMARTS) is 1. The van der Waals surface area contributed by atoms with Gasteiger partial charge in [0.05, 0.1) is 34.0 Å². The summed E-state index contributed by atoms with van der Waals surface area (Å²) in [7, 11) is 0. The number of hydrogen-bond donors (Lipinski definition) is 1. The Hall–Kier alpha value is -2.98. The summed E-state index contributed by atoms with van der Waals surface area (Å²) in [6, 6.07) is 9.90. The van der Waals surface area contributed by atoms with Gasteiger partial charge in [-0.1, -0.05) is 34.4 Å². The summed E-state index contributed by atoms with van der Waals surface area (Å²) < 4.78 is 27.0. The Kier molecular flexibility index (Phi) is 7.01. The molecule has 4 aromatic rings. The van der Waals surface area contributed by atoms with Crippen molar-refractivity contribution in [3.05, 3.63) is 74.5 Å². The summed E-state index contributed by atoms with van der Waals surface area (Å²) in [6.07, 6.45) is 6.03. The number of halogens is 3. The van der Waals surface area contributed by atoms with Crippen molar-refractivity contribution in [1.29, 1.82) is 0 Å². The Labute approximate surface area is 249 Å². The Morgan fingerprint density at radius 1 is 1.12 bits per heavy atom. The Morgan fingerprint density at radius 3 is 2.51 bits per heavy atom. The minimum atomic E-state index is -1.16. The number of nitrogens with zero attached hydrogens (tertiary/aromatic N) is 3. The second kappa shape index (κ2) is 10.7. The fraction of sp³-hybridized carbons (Fsp3) is 0.367. The molecule has 1 aliphatic carbocycles. The Bertz CT molecular complexity index is 1600. The molecule has 0 spiro atoms. The summed E-state index contributed by atoms with van der Waals surface area (Å²) in [5, 5.41) is 17.3. The highest BCUT2D eigenvalue weighted by Gasteiger charge is 2.43. The van der Waals surface area contributed by atoms with Gasteiger partial charge in [0.1, 0.15) is 17.3 Å². The maximum Gasteiger partial charge on any atom is 0.335 e. The smallest absolute Gasteiger partial charge is 0.335 e. The van der Waals surface area contributed by atoms with Gasteiger partial charge in [0.25, 0.3) is 0 Å². The first-order chi connectivity index (χ1) is 19.9. The van der Waals surface area contributed by atoms with E-state index < -0.39 is 11.8 Å². The van der Waals surface area contributed by atoms with E-state index in [0.717, 1.165) is 61.0 Å². The quantitative estimate of drug-likeness (QED) is 0.214. The van der Waals surface area contributed by atoms with Crippen molar-refractivity contribution in [1.82, 2.24) is 10.1 Å². The van der Waals surface area contributed by atoms with E-state index in [-0.39, 0.29) is 23.8 Å². The number of aromatic nitrogens is 2. The zero-order valence-corrected chi connectivity index (χ0v) is 24.2. The van der Waals surface area contributed by atoms with E-state index in [1.165, 1.54) is 23.5 Å². The van der Waals surface area contributed by atoms with E-state index in [1.807, 2.05) is 11.4 Å². The van der Waals surface area contributed by atoms with Crippen LogP contribution < -0.4 is 4.90 Å². The van der Waals surface area contributed by atoms with Gasteiger partial charge in [-0.3, -0.25) is 0 Å². The topological polar surface area (TPSA) is 88.7 Å². The average Bonchev–Trinajstić information content (AvgIpc) is 3.42. The summed E-state index contributed by atoms with van der Waals surface area (Å²) >= 11 is 14.5. The lowest BCUT2D eigenvalue weighted by atomic mass is 10.00. The highest BCUT2D eigenvalue weighted by molar-refractivity contribution is 7.14. The fourth-order valence-corrected chi connectivity index (χ4v) is 7.73. The molecule has 1 saturated carbocycles. The first kappa shape index (κ1) is 26.9. The summed E-state index contributed by atoms with van der Waals surface area (Å²) in [5.41, 5.74) is 2.99. The largest absolute Gasteiger partial charge is 0.478 e. The van der Waals surface area contributed by atoms with Crippen LogP contribution in [-0.2, 0) is 11.3 Å². The van der Waals surface area contributed by atoms with Gasteiger partial charge in [-0.2, -0.15) is 0 Å². The third-order valence-corrected chi connectivity index (χ3v) is 9.81. The summed E-state index contributed by atoms with van der Waals surface area (Å²) in [5.74, 6) is -0.518. The van der Waals surface area contributed by atoms with Gasteiger partial charge in [-0.25, -0.2) is 14.2 Å². The van der Waals surface area contributed by atoms with Crippen LogP contribution >= 0.6 is 34.5 Å². The lowest BCUT2D eigenvalue weighted by Crippen LogP contribution is -2.45. The van der Waals surface area contributed by atoms with Gasteiger partial charge in [0.2, 0.25) is 0 Å². The predicted octanol–water partition coefficient (Wildman–Crippen LogP) is 8.20. The second-order valence-corrected chi connectivity index (χ2v) is 12.6. The zero-order valence-electron chi connectivity index (χ0n) is 21.9. The van der Waals surface area contributed by atoms with Crippen LogP contribution in [0.1, 0.15) is 66.1 Å². The van der Waals surface area contributed by atoms with Crippen LogP contribution in [-0.4, -0.2) is 39.4 Å². The number of thiazole rings is 1. The number of anilines is 1. The van der Waals surface area contributed by atoms with Gasteiger partial charge in [-0.15, -0.1) is 11.3 Å². The van der Waals surface area contributed by atoms with Crippen LogP contribution in [0.25, 0.3) is 22.5 Å². The first-order valence-electron chi connectivity index (χ1n) is 13.7. The molecule has 2 aromatic heterocycles. The monoisotopic (exact) mass is 613 g/mol. The molecule has 2 aromatic carbocycles. The molecule has 3 fully saturated rings. The van der Waals surface area contributed by atoms with E-state index in [9.17, 15) is 9.18 Å². The van der Waals surface area contributed by atoms with Crippen molar-refractivity contribution in [2.45, 2.75) is 69.2 Å². The SMILES string of the molecule is O=C(O)c1ccc(-c2csc(N3[C@@H]4CC[C@H]3CC(OCc3c(-c5c(Cl)cccc5Cl)noc3C3CC3)C4)n2)c(F)c1. The van der Waals surface area contributed by atoms with Crippen LogP contribution in [0.5, 0.6) is 0 Å². The molecule has 2 aliphatic heterocycles. The molecule has 3 aliphatic rings. The van der Waals surface area contributed by atoms with Crippen molar-refractivity contribution in [2.24, 2.45) is 0 Å². The number of hydrogen-bond acceptors (Lipinski definition) is 7. The number of ether oxygens (including phenoxy) is 1. The maximum absolute atomic E-state index is 14.7. The Balaban J connectivity index is 1.07. The highest BCUT2D eigenvalue weighted by Crippen LogP contribution is 2.47. The standard InChI is InChI=1S/C30H26Cl2FN3O4S/c31-22-2-1-3-23(32)26(22)27-21(28(40-35-27)15-4-5-15)13-39-19-11-17-7-8-18(12-19)36(17)30-34-25(14-41-30)20-9-6-16(29(37)38)10-24(20)33/h1-3,6,9-10,14-15,17-19H,4-5,7-8,11-13H2,(H,37,38)/t17-,18+,19?. The number of rotatable bonds is 8. The molecule has 11 heteroatoms. The first-order valence-corrected chi connectivity index (χ1v) is 15.3. The molecule has 0 amide bonds. The zero-order chi connectivity index (χ0) is 28.2. The normalized spacial score (nSPS) is 21.9. The lowest BCUT2D eigenvalue weighted by molar-refractivity contribution is 0.0147. The van der Waals surface area contributed by atoms with Crippen molar-refractivity contribution >= 4 is 45.6 Å². The van der Waals surface area contributed by atoms with E-state index in [2.05, 4.69) is 10.1 Å². The van der Waals surface area contributed by atoms with Crippen LogP contribution in [0, 0.1) is 5.82 Å². The molecule has 212 valence electrons. The van der Waals surface area contributed by atoms with Gasteiger partial charge < -0.3 is 19.3 Å². The van der Waals surface area contributed by atoms with E-state index >= 15 is 0 Å². The molecule has 2 saturated heterocycles. The molecule has 3 atom stereocenters. The molecule has 1 N–H and O–H groups in total. The number of aromatic carboxylic acids is 1. The molecular formula is C30H26Cl2FN3O4S. The molecule has 7 nitrogen and oxygen atoms in total. The van der Waals surface area contributed by atoms with E-state index in [1.54, 1.807) is 12.1 Å². The van der Waals surface area contributed by atoms with Crippen LogP contribution in [0.4, 0.5) is 9.52 Å². The third kappa shape index (κ3) is 5.03.